The number of thiazole rings is 1. The number of rotatable bonds is 12. The van der Waals surface area contributed by atoms with Crippen LogP contribution in [0.3, 0.4) is 0 Å². The molecule has 0 radical (unpaired) electrons. The number of hydrogen-bond donors (Lipinski definition) is 1. The molecule has 1 N–H and O–H groups in total. The van der Waals surface area contributed by atoms with Crippen molar-refractivity contribution in [3.63, 3.8) is 0 Å². The van der Waals surface area contributed by atoms with Crippen LogP contribution in [0.1, 0.15) is 57.2 Å². The smallest absolute Gasteiger partial charge is 0.301 e. The van der Waals surface area contributed by atoms with Gasteiger partial charge in [-0.25, -0.2) is 4.98 Å². The van der Waals surface area contributed by atoms with Crippen molar-refractivity contribution in [3.8, 4) is 17.2 Å². The molecule has 4 aromatic rings. The van der Waals surface area contributed by atoms with Crippen LogP contribution in [0.25, 0.3) is 16.0 Å². The molecule has 0 bridgehead atoms. The number of unbranched alkanes of at least 4 members (excludes halogenated alkanes) is 2. The SMILES string of the molecule is CCCCCOc1ccc(C2/C(=C(\O)c3ccc(OCC)cc3)C(=O)C(=O)N2c2nc3ccc(OCC)cc3s2)cc1. The number of aliphatic hydroxyl groups excluding tert-OH is 1. The number of Topliss-reactive ketones (excluding diaryl/α,β-unsaturated/α-hetero) is 1. The van der Waals surface area contributed by atoms with Gasteiger partial charge >= 0.3 is 5.91 Å². The molecule has 1 atom stereocenters. The summed E-state index contributed by atoms with van der Waals surface area (Å²) < 4.78 is 17.9. The highest BCUT2D eigenvalue weighted by Crippen LogP contribution is 2.45. The quantitative estimate of drug-likeness (QED) is 0.0806. The molecule has 9 heteroatoms. The van der Waals surface area contributed by atoms with Gasteiger partial charge in [-0.15, -0.1) is 0 Å². The van der Waals surface area contributed by atoms with Crippen molar-refractivity contribution >= 4 is 44.1 Å². The number of fused-ring (bicyclic) bond motifs is 1. The van der Waals surface area contributed by atoms with E-state index in [0.29, 0.717) is 58.8 Å². The number of ether oxygens (including phenoxy) is 3. The summed E-state index contributed by atoms with van der Waals surface area (Å²) in [6, 6.07) is 18.7. The van der Waals surface area contributed by atoms with Gasteiger partial charge in [0.25, 0.3) is 5.78 Å². The minimum absolute atomic E-state index is 0.00460. The number of nitrogens with zero attached hydrogens (tertiary/aromatic N) is 2. The predicted molar refractivity (Wildman–Crippen MR) is 165 cm³/mol. The Labute approximate surface area is 249 Å². The van der Waals surface area contributed by atoms with Crippen molar-refractivity contribution in [2.75, 3.05) is 24.7 Å². The zero-order chi connectivity index (χ0) is 29.6. The van der Waals surface area contributed by atoms with E-state index in [1.54, 1.807) is 24.3 Å². The second-order valence-electron chi connectivity index (χ2n) is 9.81. The Morgan fingerprint density at radius 3 is 2.19 bits per heavy atom. The molecule has 5 rings (SSSR count). The van der Waals surface area contributed by atoms with E-state index in [2.05, 4.69) is 6.92 Å². The number of amides is 1. The fourth-order valence-corrected chi connectivity index (χ4v) is 5.94. The standard InChI is InChI=1S/C33H34N2O6S/c1-4-7-8-19-41-24-13-9-21(10-14-24)29-28(30(36)22-11-15-23(16-12-22)39-5-2)31(37)32(38)35(29)33-34-26-18-17-25(40-6-3)20-27(26)42-33/h9-18,20,29,36H,4-8,19H2,1-3H3/b30-28+. The Balaban J connectivity index is 1.58. The molecule has 0 saturated carbocycles. The minimum atomic E-state index is -0.891. The first-order valence-corrected chi connectivity index (χ1v) is 15.1. The van der Waals surface area contributed by atoms with Gasteiger partial charge in [-0.3, -0.25) is 14.5 Å². The van der Waals surface area contributed by atoms with Gasteiger partial charge in [-0.1, -0.05) is 43.2 Å². The minimum Gasteiger partial charge on any atom is -0.507 e. The summed E-state index contributed by atoms with van der Waals surface area (Å²) in [4.78, 5) is 33.3. The largest absolute Gasteiger partial charge is 0.507 e. The lowest BCUT2D eigenvalue weighted by Gasteiger charge is -2.23. The Morgan fingerprint density at radius 2 is 1.50 bits per heavy atom. The van der Waals surface area contributed by atoms with Crippen LogP contribution in [0.5, 0.6) is 17.2 Å². The number of aliphatic hydroxyl groups is 1. The lowest BCUT2D eigenvalue weighted by molar-refractivity contribution is -0.132. The molecule has 1 aliphatic heterocycles. The van der Waals surface area contributed by atoms with Crippen molar-refractivity contribution in [3.05, 3.63) is 83.4 Å². The number of aromatic nitrogens is 1. The molecule has 8 nitrogen and oxygen atoms in total. The van der Waals surface area contributed by atoms with Crippen molar-refractivity contribution < 1.29 is 28.9 Å². The van der Waals surface area contributed by atoms with Gasteiger partial charge in [0, 0.05) is 5.56 Å². The topological polar surface area (TPSA) is 98.2 Å². The predicted octanol–water partition coefficient (Wildman–Crippen LogP) is 7.29. The van der Waals surface area contributed by atoms with Gasteiger partial charge in [0.05, 0.1) is 41.7 Å². The van der Waals surface area contributed by atoms with E-state index < -0.39 is 17.7 Å². The number of ketones is 1. The molecule has 0 aliphatic carbocycles. The third-order valence-corrected chi connectivity index (χ3v) is 7.98. The molecule has 1 aliphatic rings. The fraction of sp³-hybridized carbons (Fsp3) is 0.303. The molecule has 1 fully saturated rings. The van der Waals surface area contributed by atoms with Crippen molar-refractivity contribution in [1.29, 1.82) is 0 Å². The molecular weight excluding hydrogens is 552 g/mol. The van der Waals surface area contributed by atoms with Crippen molar-refractivity contribution in [1.82, 2.24) is 4.98 Å². The van der Waals surface area contributed by atoms with Gasteiger partial charge in [0.15, 0.2) is 5.13 Å². The third-order valence-electron chi connectivity index (χ3n) is 6.96. The van der Waals surface area contributed by atoms with E-state index in [1.165, 1.54) is 16.2 Å². The highest BCUT2D eigenvalue weighted by Gasteiger charge is 2.48. The van der Waals surface area contributed by atoms with Crippen LogP contribution in [0.2, 0.25) is 0 Å². The van der Waals surface area contributed by atoms with Crippen molar-refractivity contribution in [2.45, 2.75) is 46.1 Å². The number of hydrogen-bond acceptors (Lipinski definition) is 8. The summed E-state index contributed by atoms with van der Waals surface area (Å²) in [6.45, 7) is 7.57. The zero-order valence-electron chi connectivity index (χ0n) is 24.0. The number of carbonyl (C=O) groups excluding carboxylic acids is 2. The van der Waals surface area contributed by atoms with E-state index in [0.717, 1.165) is 24.0 Å². The van der Waals surface area contributed by atoms with Gasteiger partial charge < -0.3 is 19.3 Å². The first-order valence-electron chi connectivity index (χ1n) is 14.3. The highest BCUT2D eigenvalue weighted by molar-refractivity contribution is 7.22. The Bertz CT molecular complexity index is 1590. The lowest BCUT2D eigenvalue weighted by atomic mass is 9.95. The number of benzene rings is 3. The Hall–Kier alpha value is -4.37. The van der Waals surface area contributed by atoms with Gasteiger partial charge in [0.2, 0.25) is 0 Å². The fourth-order valence-electron chi connectivity index (χ4n) is 4.92. The zero-order valence-corrected chi connectivity index (χ0v) is 24.8. The number of anilines is 1. The molecule has 1 unspecified atom stereocenters. The van der Waals surface area contributed by atoms with Crippen molar-refractivity contribution in [2.24, 2.45) is 0 Å². The Morgan fingerprint density at radius 1 is 0.857 bits per heavy atom. The average Bonchev–Trinajstić information content (AvgIpc) is 3.53. The maximum Gasteiger partial charge on any atom is 0.301 e. The molecule has 42 heavy (non-hydrogen) atoms. The molecular formula is C33H34N2O6S. The summed E-state index contributed by atoms with van der Waals surface area (Å²) in [6.07, 6.45) is 3.16. The second-order valence-corrected chi connectivity index (χ2v) is 10.8. The van der Waals surface area contributed by atoms with E-state index in [9.17, 15) is 14.7 Å². The molecule has 1 amide bonds. The summed E-state index contributed by atoms with van der Waals surface area (Å²) in [5.41, 5.74) is 1.73. The van der Waals surface area contributed by atoms with Crippen LogP contribution in [0, 0.1) is 0 Å². The van der Waals surface area contributed by atoms with Gasteiger partial charge in [-0.2, -0.15) is 0 Å². The van der Waals surface area contributed by atoms with Gasteiger partial charge in [0.1, 0.15) is 23.0 Å². The summed E-state index contributed by atoms with van der Waals surface area (Å²) in [5.74, 6) is 0.243. The summed E-state index contributed by atoms with van der Waals surface area (Å²) in [7, 11) is 0. The second kappa shape index (κ2) is 13.1. The first kappa shape index (κ1) is 29.1. The van der Waals surface area contributed by atoms with Crippen LogP contribution in [0.15, 0.2) is 72.3 Å². The highest BCUT2D eigenvalue weighted by atomic mass is 32.1. The number of carbonyl (C=O) groups is 2. The Kier molecular flexibility index (Phi) is 9.07. The van der Waals surface area contributed by atoms with E-state index in [1.807, 2.05) is 56.3 Å². The maximum absolute atomic E-state index is 13.6. The van der Waals surface area contributed by atoms with Crippen LogP contribution < -0.4 is 19.1 Å². The third kappa shape index (κ3) is 5.97. The molecule has 218 valence electrons. The molecule has 1 saturated heterocycles. The monoisotopic (exact) mass is 586 g/mol. The van der Waals surface area contributed by atoms with E-state index in [-0.39, 0.29) is 11.3 Å². The van der Waals surface area contributed by atoms with Crippen LogP contribution in [-0.2, 0) is 9.59 Å². The molecule has 3 aromatic carbocycles. The van der Waals surface area contributed by atoms with Crippen LogP contribution in [0.4, 0.5) is 5.13 Å². The summed E-state index contributed by atoms with van der Waals surface area (Å²) in [5, 5.41) is 11.8. The molecule has 0 spiro atoms. The lowest BCUT2D eigenvalue weighted by Crippen LogP contribution is -2.29. The molecule has 2 heterocycles. The first-order chi connectivity index (χ1) is 20.4. The van der Waals surface area contributed by atoms with Crippen LogP contribution in [-0.4, -0.2) is 41.6 Å². The van der Waals surface area contributed by atoms with Crippen LogP contribution >= 0.6 is 11.3 Å². The van der Waals surface area contributed by atoms with E-state index in [4.69, 9.17) is 19.2 Å². The normalized spacial score (nSPS) is 16.3. The maximum atomic E-state index is 13.6. The van der Waals surface area contributed by atoms with Gasteiger partial charge in [-0.05, 0) is 80.4 Å². The molecule has 1 aromatic heterocycles. The average molecular weight is 587 g/mol. The summed E-state index contributed by atoms with van der Waals surface area (Å²) >= 11 is 1.29. The van der Waals surface area contributed by atoms with E-state index >= 15 is 0 Å².